The second-order valence-corrected chi connectivity index (χ2v) is 7.72. The van der Waals surface area contributed by atoms with Crippen LogP contribution in [0.4, 0.5) is 22.0 Å². The van der Waals surface area contributed by atoms with E-state index < -0.39 is 0 Å². The fourth-order valence-electron chi connectivity index (χ4n) is 3.05. The maximum Gasteiger partial charge on any atom is 0.329 e. The van der Waals surface area contributed by atoms with Gasteiger partial charge in [0.1, 0.15) is 5.82 Å². The summed E-state index contributed by atoms with van der Waals surface area (Å²) in [6.07, 6.45) is 0.759. The predicted octanol–water partition coefficient (Wildman–Crippen LogP) is 5.20. The molecule has 0 saturated heterocycles. The van der Waals surface area contributed by atoms with Crippen molar-refractivity contribution in [1.82, 2.24) is 9.88 Å². The summed E-state index contributed by atoms with van der Waals surface area (Å²) in [6, 6.07) is 10.6. The van der Waals surface area contributed by atoms with Gasteiger partial charge in [-0.05, 0) is 50.6 Å². The lowest BCUT2D eigenvalue weighted by Crippen LogP contribution is -2.48. The van der Waals surface area contributed by atoms with Crippen molar-refractivity contribution in [3.8, 4) is 0 Å². The number of pyridine rings is 1. The highest BCUT2D eigenvalue weighted by Gasteiger charge is 2.34. The summed E-state index contributed by atoms with van der Waals surface area (Å²) in [5.41, 5.74) is 2.11. The molecule has 1 atom stereocenters. The molecule has 0 radical (unpaired) electrons. The van der Waals surface area contributed by atoms with E-state index in [0.29, 0.717) is 28.8 Å². The van der Waals surface area contributed by atoms with E-state index in [1.54, 1.807) is 28.0 Å². The average molecular weight is 401 g/mol. The lowest BCUT2D eigenvalue weighted by molar-refractivity contribution is -0.119. The number of aromatic nitrogens is 1. The zero-order valence-electron chi connectivity index (χ0n) is 16.6. The second kappa shape index (κ2) is 8.19. The Kier molecular flexibility index (Phi) is 5.89. The lowest BCUT2D eigenvalue weighted by Gasteiger charge is -2.38. The van der Waals surface area contributed by atoms with E-state index in [0.717, 1.165) is 12.1 Å². The van der Waals surface area contributed by atoms with E-state index in [-0.39, 0.29) is 23.9 Å². The molecule has 3 rings (SSSR count). The van der Waals surface area contributed by atoms with Gasteiger partial charge < -0.3 is 10.2 Å². The van der Waals surface area contributed by atoms with Crippen molar-refractivity contribution in [3.63, 3.8) is 0 Å². The van der Waals surface area contributed by atoms with Crippen molar-refractivity contribution >= 4 is 40.7 Å². The number of anilines is 3. The van der Waals surface area contributed by atoms with Crippen LogP contribution in [0.2, 0.25) is 5.02 Å². The molecule has 0 spiro atoms. The Balaban J connectivity index is 2.02. The summed E-state index contributed by atoms with van der Waals surface area (Å²) in [5.74, 6) is 0.344. The van der Waals surface area contributed by atoms with Gasteiger partial charge in [0.25, 0.3) is 0 Å². The van der Waals surface area contributed by atoms with Crippen LogP contribution in [-0.2, 0) is 11.3 Å². The first-order valence-corrected chi connectivity index (χ1v) is 9.86. The molecule has 28 heavy (non-hydrogen) atoms. The number of benzene rings is 1. The van der Waals surface area contributed by atoms with Crippen LogP contribution >= 0.6 is 11.6 Å². The van der Waals surface area contributed by atoms with E-state index >= 15 is 0 Å². The Bertz CT molecular complexity index is 900. The van der Waals surface area contributed by atoms with E-state index in [1.165, 1.54) is 0 Å². The van der Waals surface area contributed by atoms with Crippen molar-refractivity contribution in [2.24, 2.45) is 5.92 Å². The van der Waals surface area contributed by atoms with E-state index in [1.807, 2.05) is 45.9 Å². The zero-order chi connectivity index (χ0) is 20.4. The van der Waals surface area contributed by atoms with Gasteiger partial charge in [0.2, 0.25) is 5.91 Å². The molecular formula is C21H25ClN4O2. The van der Waals surface area contributed by atoms with Gasteiger partial charge in [0, 0.05) is 17.0 Å². The minimum absolute atomic E-state index is 0.00231. The summed E-state index contributed by atoms with van der Waals surface area (Å²) in [6.45, 7) is 8.17. The first-order valence-electron chi connectivity index (χ1n) is 9.48. The number of nitrogens with zero attached hydrogens (tertiary/aromatic N) is 3. The van der Waals surface area contributed by atoms with Gasteiger partial charge in [-0.2, -0.15) is 0 Å². The molecule has 1 aromatic heterocycles. The Morgan fingerprint density at radius 1 is 1.25 bits per heavy atom. The summed E-state index contributed by atoms with van der Waals surface area (Å²) in [5, 5.41) is 3.42. The highest BCUT2D eigenvalue weighted by molar-refractivity contribution is 6.31. The zero-order valence-corrected chi connectivity index (χ0v) is 17.3. The van der Waals surface area contributed by atoms with Crippen LogP contribution in [0, 0.1) is 5.92 Å². The van der Waals surface area contributed by atoms with Gasteiger partial charge in [-0.3, -0.25) is 9.69 Å². The van der Waals surface area contributed by atoms with Crippen molar-refractivity contribution in [2.45, 2.75) is 46.7 Å². The number of urea groups is 1. The molecule has 0 fully saturated rings. The third-order valence-electron chi connectivity index (χ3n) is 4.95. The van der Waals surface area contributed by atoms with Crippen molar-refractivity contribution in [1.29, 1.82) is 0 Å². The monoisotopic (exact) mass is 400 g/mol. The third-order valence-corrected chi connectivity index (χ3v) is 5.18. The highest BCUT2D eigenvalue weighted by Crippen LogP contribution is 2.36. The lowest BCUT2D eigenvalue weighted by atomic mass is 10.1. The highest BCUT2D eigenvalue weighted by atomic mass is 35.5. The Hall–Kier alpha value is -2.60. The van der Waals surface area contributed by atoms with Gasteiger partial charge >= 0.3 is 6.03 Å². The van der Waals surface area contributed by atoms with Crippen molar-refractivity contribution in [2.75, 3.05) is 10.2 Å². The first-order chi connectivity index (χ1) is 13.3. The SMILES string of the molecule is CC[C@@H](C)C(=O)Nc1ccc2c(n1)CN(C(C)C)C(=O)N2c1cccc(Cl)c1. The molecular weight excluding hydrogens is 376 g/mol. The summed E-state index contributed by atoms with van der Waals surface area (Å²) in [7, 11) is 0. The Labute approximate surface area is 170 Å². The van der Waals surface area contributed by atoms with Crippen LogP contribution < -0.4 is 10.2 Å². The van der Waals surface area contributed by atoms with Crippen LogP contribution in [0.3, 0.4) is 0 Å². The normalized spacial score (nSPS) is 14.9. The van der Waals surface area contributed by atoms with E-state index in [2.05, 4.69) is 10.3 Å². The fraction of sp³-hybridized carbons (Fsp3) is 0.381. The molecule has 0 saturated carbocycles. The van der Waals surface area contributed by atoms with Crippen LogP contribution in [0.1, 0.15) is 39.8 Å². The van der Waals surface area contributed by atoms with Gasteiger partial charge in [0.15, 0.2) is 0 Å². The van der Waals surface area contributed by atoms with Crippen LogP contribution in [0.5, 0.6) is 0 Å². The molecule has 1 aliphatic heterocycles. The number of carbonyl (C=O) groups is 2. The smallest absolute Gasteiger partial charge is 0.316 e. The summed E-state index contributed by atoms with van der Waals surface area (Å²) < 4.78 is 0. The number of carbonyl (C=O) groups excluding carboxylic acids is 2. The van der Waals surface area contributed by atoms with Crippen LogP contribution in [-0.4, -0.2) is 27.9 Å². The van der Waals surface area contributed by atoms with Crippen LogP contribution in [0.25, 0.3) is 0 Å². The predicted molar refractivity (Wildman–Crippen MR) is 112 cm³/mol. The van der Waals surface area contributed by atoms with Gasteiger partial charge in [0.05, 0.1) is 23.6 Å². The third kappa shape index (κ3) is 3.97. The van der Waals surface area contributed by atoms with Crippen molar-refractivity contribution < 1.29 is 9.59 Å². The molecule has 7 heteroatoms. The fourth-order valence-corrected chi connectivity index (χ4v) is 3.23. The number of amides is 3. The Morgan fingerprint density at radius 3 is 2.64 bits per heavy atom. The molecule has 3 amide bonds. The molecule has 148 valence electrons. The molecule has 1 aliphatic rings. The molecule has 2 heterocycles. The van der Waals surface area contributed by atoms with Gasteiger partial charge in [-0.1, -0.05) is 31.5 Å². The average Bonchev–Trinajstić information content (AvgIpc) is 2.66. The summed E-state index contributed by atoms with van der Waals surface area (Å²) in [4.78, 5) is 33.4. The number of rotatable bonds is 5. The molecule has 0 bridgehead atoms. The maximum absolute atomic E-state index is 13.1. The Morgan fingerprint density at radius 2 is 2.00 bits per heavy atom. The number of hydrogen-bond donors (Lipinski definition) is 1. The number of nitrogens with one attached hydrogen (secondary N) is 1. The van der Waals surface area contributed by atoms with Crippen molar-refractivity contribution in [3.05, 3.63) is 47.1 Å². The molecule has 1 N–H and O–H groups in total. The molecule has 0 aliphatic carbocycles. The van der Waals surface area contributed by atoms with Gasteiger partial charge in [-0.15, -0.1) is 0 Å². The number of halogens is 1. The molecule has 2 aromatic rings. The number of fused-ring (bicyclic) bond motifs is 1. The maximum atomic E-state index is 13.1. The molecule has 0 unspecified atom stereocenters. The van der Waals surface area contributed by atoms with Gasteiger partial charge in [-0.25, -0.2) is 9.78 Å². The second-order valence-electron chi connectivity index (χ2n) is 7.28. The minimum Gasteiger partial charge on any atom is -0.316 e. The van der Waals surface area contributed by atoms with Crippen LogP contribution in [0.15, 0.2) is 36.4 Å². The molecule has 1 aromatic carbocycles. The first kappa shape index (κ1) is 20.1. The van der Waals surface area contributed by atoms with E-state index in [4.69, 9.17) is 11.6 Å². The molecule has 6 nitrogen and oxygen atoms in total. The van der Waals surface area contributed by atoms with E-state index in [9.17, 15) is 9.59 Å². The number of hydrogen-bond acceptors (Lipinski definition) is 3. The summed E-state index contributed by atoms with van der Waals surface area (Å²) >= 11 is 6.15. The largest absolute Gasteiger partial charge is 0.329 e. The minimum atomic E-state index is -0.122. The standard InChI is InChI=1S/C21H25ClN4O2/c1-5-14(4)20(27)24-19-10-9-18-17(23-19)12-25(13(2)3)21(28)26(18)16-8-6-7-15(22)11-16/h6-11,13-14H,5,12H2,1-4H3,(H,23,24,27)/t14-/m1/s1. The topological polar surface area (TPSA) is 65.5 Å². The quantitative estimate of drug-likeness (QED) is 0.749.